The Bertz CT molecular complexity index is 1210. The zero-order valence-corrected chi connectivity index (χ0v) is 31.2. The minimum absolute atomic E-state index is 0.0101. The molecule has 284 valence electrons. The van der Waals surface area contributed by atoms with E-state index in [1.165, 1.54) is 25.7 Å². The van der Waals surface area contributed by atoms with Gasteiger partial charge >= 0.3 is 12.1 Å². The standard InChI is InChI=1S/C39H64N2O9/c1-7-31(43)28(4)36-32(48-36)25-38(5,46)18-10-12-26(2)35-27(3)15-16-33(39(6,47)19-17-30(42)24-34(44)50-35)49-37(45)41-21-11-20-40(22-23-41)29-13-8-9-14-29/h10,12,15-16,18,27-33,35-36,42-43,46-47H,7-9,11,13-14,17,19-25H2,1-6H3/b16-15+,18-10+,26-12+. The molecule has 11 heteroatoms. The fraction of sp³-hybridized carbons (Fsp3) is 0.795. The second-order valence-corrected chi connectivity index (χ2v) is 15.8. The molecule has 4 N–H and O–H groups in total. The third kappa shape index (κ3) is 11.6. The first-order valence-corrected chi connectivity index (χ1v) is 19.0. The van der Waals surface area contributed by atoms with Gasteiger partial charge in [0.05, 0.1) is 36.4 Å². The predicted octanol–water partition coefficient (Wildman–Crippen LogP) is 4.66. The van der Waals surface area contributed by atoms with Gasteiger partial charge in [-0.1, -0.05) is 57.9 Å². The second-order valence-electron chi connectivity index (χ2n) is 15.8. The highest BCUT2D eigenvalue weighted by atomic mass is 16.6. The molecule has 0 aromatic heterocycles. The predicted molar refractivity (Wildman–Crippen MR) is 191 cm³/mol. The zero-order valence-electron chi connectivity index (χ0n) is 31.2. The first-order chi connectivity index (χ1) is 23.6. The van der Waals surface area contributed by atoms with Crippen molar-refractivity contribution in [3.8, 4) is 0 Å². The Labute approximate surface area is 299 Å². The van der Waals surface area contributed by atoms with Gasteiger partial charge in [0.15, 0.2) is 6.10 Å². The van der Waals surface area contributed by atoms with E-state index in [2.05, 4.69) is 4.90 Å². The summed E-state index contributed by atoms with van der Waals surface area (Å²) in [6.45, 7) is 13.8. The number of aliphatic hydroxyl groups is 4. The van der Waals surface area contributed by atoms with Crippen LogP contribution in [0.4, 0.5) is 4.79 Å². The third-order valence-corrected chi connectivity index (χ3v) is 11.2. The maximum atomic E-state index is 13.5. The minimum atomic E-state index is -1.48. The number of epoxide rings is 1. The molecule has 4 aliphatic rings. The number of aliphatic hydroxyl groups excluding tert-OH is 2. The molecule has 1 amide bonds. The summed E-state index contributed by atoms with van der Waals surface area (Å²) in [5, 5.41) is 43.4. The van der Waals surface area contributed by atoms with Crippen LogP contribution in [0.2, 0.25) is 0 Å². The van der Waals surface area contributed by atoms with E-state index in [1.54, 1.807) is 49.1 Å². The number of carbonyl (C=O) groups excluding carboxylic acids is 2. The van der Waals surface area contributed by atoms with E-state index in [4.69, 9.17) is 14.2 Å². The molecule has 0 bridgehead atoms. The fourth-order valence-electron chi connectivity index (χ4n) is 7.74. The lowest BCUT2D eigenvalue weighted by atomic mass is 9.88. The highest BCUT2D eigenvalue weighted by molar-refractivity contribution is 5.70. The summed E-state index contributed by atoms with van der Waals surface area (Å²) < 4.78 is 17.7. The highest BCUT2D eigenvalue weighted by Gasteiger charge is 2.47. The van der Waals surface area contributed by atoms with Crippen LogP contribution in [0.3, 0.4) is 0 Å². The maximum absolute atomic E-state index is 13.5. The van der Waals surface area contributed by atoms with Crippen LogP contribution in [0.15, 0.2) is 36.0 Å². The number of ether oxygens (including phenoxy) is 3. The quantitative estimate of drug-likeness (QED) is 0.109. The molecule has 0 spiro atoms. The zero-order chi connectivity index (χ0) is 36.6. The number of cyclic esters (lactones) is 1. The molecule has 3 aliphatic heterocycles. The van der Waals surface area contributed by atoms with Crippen LogP contribution in [0.5, 0.6) is 0 Å². The molecule has 11 nitrogen and oxygen atoms in total. The molecule has 50 heavy (non-hydrogen) atoms. The molecule has 3 fully saturated rings. The smallest absolute Gasteiger partial charge is 0.410 e. The number of hydrogen-bond donors (Lipinski definition) is 4. The van der Waals surface area contributed by atoms with Gasteiger partial charge in [0.1, 0.15) is 11.7 Å². The molecule has 3 heterocycles. The van der Waals surface area contributed by atoms with Crippen molar-refractivity contribution in [1.29, 1.82) is 0 Å². The Morgan fingerprint density at radius 1 is 1.16 bits per heavy atom. The van der Waals surface area contributed by atoms with E-state index in [-0.39, 0.29) is 43.3 Å². The Balaban J connectivity index is 1.44. The van der Waals surface area contributed by atoms with Gasteiger partial charge in [-0.25, -0.2) is 4.79 Å². The van der Waals surface area contributed by atoms with Gasteiger partial charge in [-0.2, -0.15) is 0 Å². The molecule has 4 rings (SSSR count). The van der Waals surface area contributed by atoms with Gasteiger partial charge in [-0.3, -0.25) is 9.69 Å². The minimum Gasteiger partial charge on any atom is -0.457 e. The number of amides is 1. The molecule has 10 atom stereocenters. The fourth-order valence-corrected chi connectivity index (χ4v) is 7.74. The lowest BCUT2D eigenvalue weighted by Crippen LogP contribution is -2.46. The van der Waals surface area contributed by atoms with E-state index in [0.717, 1.165) is 19.5 Å². The number of allylic oxidation sites excluding steroid dienone is 2. The van der Waals surface area contributed by atoms with Crippen LogP contribution < -0.4 is 0 Å². The summed E-state index contributed by atoms with van der Waals surface area (Å²) in [5.41, 5.74) is -1.93. The van der Waals surface area contributed by atoms with E-state index < -0.39 is 47.7 Å². The van der Waals surface area contributed by atoms with Crippen molar-refractivity contribution in [3.05, 3.63) is 36.0 Å². The van der Waals surface area contributed by atoms with Gasteiger partial charge in [0.2, 0.25) is 0 Å². The highest BCUT2D eigenvalue weighted by Crippen LogP contribution is 2.37. The summed E-state index contributed by atoms with van der Waals surface area (Å²) in [6.07, 6.45) is 11.7. The van der Waals surface area contributed by atoms with Crippen LogP contribution in [-0.2, 0) is 19.0 Å². The molecule has 0 aromatic rings. The van der Waals surface area contributed by atoms with Gasteiger partial charge in [-0.05, 0) is 70.9 Å². The summed E-state index contributed by atoms with van der Waals surface area (Å²) in [7, 11) is 0. The summed E-state index contributed by atoms with van der Waals surface area (Å²) in [5.74, 6) is -0.935. The molecular formula is C39H64N2O9. The average molecular weight is 705 g/mol. The van der Waals surface area contributed by atoms with Crippen LogP contribution >= 0.6 is 0 Å². The topological polar surface area (TPSA) is 153 Å². The third-order valence-electron chi connectivity index (χ3n) is 11.2. The number of carbonyl (C=O) groups is 2. The number of nitrogens with zero attached hydrogens (tertiary/aromatic N) is 2. The normalized spacial score (nSPS) is 35.7. The van der Waals surface area contributed by atoms with Crippen LogP contribution in [-0.4, -0.2) is 122 Å². The van der Waals surface area contributed by atoms with Crippen molar-refractivity contribution in [2.24, 2.45) is 11.8 Å². The van der Waals surface area contributed by atoms with Gasteiger partial charge in [0.25, 0.3) is 0 Å². The number of hydrogen-bond acceptors (Lipinski definition) is 10. The lowest BCUT2D eigenvalue weighted by Gasteiger charge is -2.34. The molecule has 2 saturated heterocycles. The van der Waals surface area contributed by atoms with Gasteiger partial charge in [0, 0.05) is 50.5 Å². The molecule has 0 aromatic carbocycles. The van der Waals surface area contributed by atoms with Gasteiger partial charge < -0.3 is 39.5 Å². The van der Waals surface area contributed by atoms with E-state index in [0.29, 0.717) is 37.5 Å². The van der Waals surface area contributed by atoms with Gasteiger partial charge in [-0.15, -0.1) is 0 Å². The molecule has 1 aliphatic carbocycles. The lowest BCUT2D eigenvalue weighted by molar-refractivity contribution is -0.151. The van der Waals surface area contributed by atoms with Crippen LogP contribution in [0, 0.1) is 11.8 Å². The summed E-state index contributed by atoms with van der Waals surface area (Å²) in [6, 6.07) is 0.595. The van der Waals surface area contributed by atoms with Crippen molar-refractivity contribution >= 4 is 12.1 Å². The van der Waals surface area contributed by atoms with Crippen molar-refractivity contribution in [3.63, 3.8) is 0 Å². The summed E-state index contributed by atoms with van der Waals surface area (Å²) >= 11 is 0. The average Bonchev–Trinajstić information content (AvgIpc) is 3.68. The second kappa shape index (κ2) is 18.0. The maximum Gasteiger partial charge on any atom is 0.410 e. The van der Waals surface area contributed by atoms with Crippen molar-refractivity contribution in [2.75, 3.05) is 26.2 Å². The van der Waals surface area contributed by atoms with Crippen molar-refractivity contribution < 1.29 is 44.2 Å². The molecule has 0 radical (unpaired) electrons. The Kier molecular flexibility index (Phi) is 14.6. The number of rotatable bonds is 10. The largest absolute Gasteiger partial charge is 0.457 e. The van der Waals surface area contributed by atoms with Crippen molar-refractivity contribution in [1.82, 2.24) is 9.80 Å². The van der Waals surface area contributed by atoms with E-state index in [9.17, 15) is 30.0 Å². The van der Waals surface area contributed by atoms with Crippen LogP contribution in [0.25, 0.3) is 0 Å². The van der Waals surface area contributed by atoms with Crippen LogP contribution in [0.1, 0.15) is 106 Å². The van der Waals surface area contributed by atoms with E-state index in [1.807, 2.05) is 27.7 Å². The molecule has 10 unspecified atom stereocenters. The first-order valence-electron chi connectivity index (χ1n) is 19.0. The van der Waals surface area contributed by atoms with Crippen molar-refractivity contribution in [2.45, 2.75) is 160 Å². The Hall–Kier alpha value is -2.28. The molecular weight excluding hydrogens is 640 g/mol. The monoisotopic (exact) mass is 704 g/mol. The summed E-state index contributed by atoms with van der Waals surface area (Å²) in [4.78, 5) is 30.6. The number of esters is 1. The Morgan fingerprint density at radius 2 is 1.88 bits per heavy atom. The first kappa shape index (κ1) is 40.5. The molecule has 1 saturated carbocycles. The van der Waals surface area contributed by atoms with E-state index >= 15 is 0 Å². The SMILES string of the molecule is CCC(O)C(C)C1OC1CC(C)(O)/C=C/C=C(\C)C1OC(=O)CC(O)CCC(C)(O)C(OC(=O)N2CCCN(C3CCCC3)CC2)/C=C/C1C. The Morgan fingerprint density at radius 3 is 2.58 bits per heavy atom.